The minimum Gasteiger partial charge on any atom is -0.371 e. The Morgan fingerprint density at radius 2 is 2.16 bits per heavy atom. The molecule has 0 aromatic heterocycles. The van der Waals surface area contributed by atoms with Crippen LogP contribution in [0, 0.1) is 12.3 Å². The molecule has 2 rings (SSSR count). The first-order valence-electron chi connectivity index (χ1n) is 6.85. The van der Waals surface area contributed by atoms with Crippen molar-refractivity contribution in [2.24, 2.45) is 0 Å². The van der Waals surface area contributed by atoms with E-state index < -0.39 is 0 Å². The SMILES string of the molecule is C#C/C=C\CC1O[C@@H]2CC1O[C@@H](C(Br)CC)C[C@H]2Br. The number of halogens is 2. The molecule has 0 aliphatic carbocycles. The lowest BCUT2D eigenvalue weighted by Gasteiger charge is -2.30. The molecule has 4 heteroatoms. The van der Waals surface area contributed by atoms with Crippen molar-refractivity contribution in [3.05, 3.63) is 12.2 Å². The van der Waals surface area contributed by atoms with Gasteiger partial charge < -0.3 is 9.47 Å². The third kappa shape index (κ3) is 3.85. The summed E-state index contributed by atoms with van der Waals surface area (Å²) in [6, 6.07) is 0. The van der Waals surface area contributed by atoms with Gasteiger partial charge >= 0.3 is 0 Å². The lowest BCUT2D eigenvalue weighted by atomic mass is 10.1. The number of alkyl halides is 2. The van der Waals surface area contributed by atoms with Crippen LogP contribution < -0.4 is 0 Å². The van der Waals surface area contributed by atoms with Crippen LogP contribution in [0.15, 0.2) is 12.2 Å². The highest BCUT2D eigenvalue weighted by molar-refractivity contribution is 9.09. The molecule has 2 aliphatic rings. The zero-order valence-corrected chi connectivity index (χ0v) is 14.3. The molecule has 0 radical (unpaired) electrons. The summed E-state index contributed by atoms with van der Waals surface area (Å²) in [5, 5.41) is 0. The van der Waals surface area contributed by atoms with Gasteiger partial charge in [0.15, 0.2) is 0 Å². The maximum Gasteiger partial charge on any atom is 0.0876 e. The molecule has 0 saturated carbocycles. The number of hydrogen-bond acceptors (Lipinski definition) is 2. The second-order valence-electron chi connectivity index (χ2n) is 5.14. The number of ether oxygens (including phenoxy) is 2. The fourth-order valence-electron chi connectivity index (χ4n) is 2.75. The van der Waals surface area contributed by atoms with Gasteiger partial charge in [0, 0.05) is 16.1 Å². The third-order valence-corrected chi connectivity index (χ3v) is 6.02. The normalized spacial score (nSPS) is 40.0. The molecule has 2 nitrogen and oxygen atoms in total. The lowest BCUT2D eigenvalue weighted by molar-refractivity contribution is -0.0732. The van der Waals surface area contributed by atoms with Crippen LogP contribution in [0.5, 0.6) is 0 Å². The summed E-state index contributed by atoms with van der Waals surface area (Å²) in [5.74, 6) is 2.51. The van der Waals surface area contributed by atoms with Crippen LogP contribution in [-0.4, -0.2) is 34.1 Å². The quantitative estimate of drug-likeness (QED) is 0.535. The van der Waals surface area contributed by atoms with Gasteiger partial charge in [0.25, 0.3) is 0 Å². The predicted octanol–water partition coefficient (Wildman–Crippen LogP) is 3.82. The highest BCUT2D eigenvalue weighted by Gasteiger charge is 2.44. The summed E-state index contributed by atoms with van der Waals surface area (Å²) < 4.78 is 12.4. The smallest absolute Gasteiger partial charge is 0.0876 e. The van der Waals surface area contributed by atoms with Crippen molar-refractivity contribution in [1.29, 1.82) is 0 Å². The standard InChI is InChI=1S/C15H20Br2O2/c1-3-5-6-7-12-15-9-14(18-12)11(17)8-13(19-15)10(16)4-2/h1,5-6,10-15H,4,7-9H2,2H3/b6-5-/t10?,11-,12?,13-,14-,15?/m1/s1. The van der Waals surface area contributed by atoms with E-state index in [1.165, 1.54) is 0 Å². The van der Waals surface area contributed by atoms with Gasteiger partial charge in [0.1, 0.15) is 0 Å². The maximum atomic E-state index is 6.28. The molecule has 2 aliphatic heterocycles. The average molecular weight is 392 g/mol. The molecule has 0 spiro atoms. The second kappa shape index (κ2) is 7.26. The van der Waals surface area contributed by atoms with Gasteiger partial charge in [-0.05, 0) is 25.3 Å². The molecule has 0 amide bonds. The fraction of sp³-hybridized carbons (Fsp3) is 0.733. The molecular formula is C15H20Br2O2. The Kier molecular flexibility index (Phi) is 5.95. The van der Waals surface area contributed by atoms with Crippen molar-refractivity contribution in [3.63, 3.8) is 0 Å². The predicted molar refractivity (Wildman–Crippen MR) is 84.9 cm³/mol. The summed E-state index contributed by atoms with van der Waals surface area (Å²) in [7, 11) is 0. The number of hydrogen-bond donors (Lipinski definition) is 0. The topological polar surface area (TPSA) is 18.5 Å². The van der Waals surface area contributed by atoms with Gasteiger partial charge in [0.2, 0.25) is 0 Å². The van der Waals surface area contributed by atoms with E-state index in [1.54, 1.807) is 6.08 Å². The number of fused-ring (bicyclic) bond motifs is 2. The van der Waals surface area contributed by atoms with E-state index in [0.29, 0.717) is 9.65 Å². The van der Waals surface area contributed by atoms with Crippen molar-refractivity contribution >= 4 is 31.9 Å². The Labute approximate surface area is 132 Å². The van der Waals surface area contributed by atoms with Crippen molar-refractivity contribution in [1.82, 2.24) is 0 Å². The van der Waals surface area contributed by atoms with E-state index in [-0.39, 0.29) is 24.4 Å². The minimum atomic E-state index is 0.133. The highest BCUT2D eigenvalue weighted by Crippen LogP contribution is 2.38. The molecule has 0 aromatic rings. The largest absolute Gasteiger partial charge is 0.371 e. The Hall–Kier alpha value is 0.180. The zero-order chi connectivity index (χ0) is 13.8. The Morgan fingerprint density at radius 1 is 1.37 bits per heavy atom. The maximum absolute atomic E-state index is 6.28. The molecule has 2 fully saturated rings. The minimum absolute atomic E-state index is 0.133. The summed E-state index contributed by atoms with van der Waals surface area (Å²) in [6.45, 7) is 2.18. The third-order valence-electron chi connectivity index (χ3n) is 3.82. The summed E-state index contributed by atoms with van der Waals surface area (Å²) >= 11 is 7.49. The second-order valence-corrected chi connectivity index (χ2v) is 7.49. The molecule has 19 heavy (non-hydrogen) atoms. The average Bonchev–Trinajstić information content (AvgIpc) is 2.72. The van der Waals surface area contributed by atoms with E-state index in [4.69, 9.17) is 15.9 Å². The molecule has 6 atom stereocenters. The summed E-state index contributed by atoms with van der Waals surface area (Å²) in [5.41, 5.74) is 0. The van der Waals surface area contributed by atoms with E-state index in [0.717, 1.165) is 25.7 Å². The lowest BCUT2D eigenvalue weighted by Crippen LogP contribution is -2.36. The van der Waals surface area contributed by atoms with Crippen molar-refractivity contribution in [2.75, 3.05) is 0 Å². The number of allylic oxidation sites excluding steroid dienone is 1. The first kappa shape index (κ1) is 15.6. The highest BCUT2D eigenvalue weighted by atomic mass is 79.9. The van der Waals surface area contributed by atoms with Crippen molar-refractivity contribution in [3.8, 4) is 12.3 Å². The van der Waals surface area contributed by atoms with Gasteiger partial charge in [-0.1, -0.05) is 50.8 Å². The monoisotopic (exact) mass is 390 g/mol. The zero-order valence-electron chi connectivity index (χ0n) is 11.1. The van der Waals surface area contributed by atoms with Crippen molar-refractivity contribution in [2.45, 2.75) is 66.7 Å². The number of terminal acetylenes is 1. The molecule has 0 N–H and O–H groups in total. The van der Waals surface area contributed by atoms with E-state index >= 15 is 0 Å². The van der Waals surface area contributed by atoms with E-state index in [9.17, 15) is 0 Å². The molecule has 106 valence electrons. The van der Waals surface area contributed by atoms with Gasteiger partial charge in [-0.3, -0.25) is 0 Å². The van der Waals surface area contributed by atoms with Crippen LogP contribution in [-0.2, 0) is 9.47 Å². The van der Waals surface area contributed by atoms with Crippen LogP contribution >= 0.6 is 31.9 Å². The van der Waals surface area contributed by atoms with Crippen LogP contribution in [0.2, 0.25) is 0 Å². The van der Waals surface area contributed by atoms with Crippen molar-refractivity contribution < 1.29 is 9.47 Å². The summed E-state index contributed by atoms with van der Waals surface area (Å²) in [6.07, 6.45) is 13.7. The number of rotatable bonds is 4. The van der Waals surface area contributed by atoms with Gasteiger partial charge in [0.05, 0.1) is 24.4 Å². The Morgan fingerprint density at radius 3 is 2.84 bits per heavy atom. The Balaban J connectivity index is 2.02. The van der Waals surface area contributed by atoms with Gasteiger partial charge in [-0.25, -0.2) is 0 Å². The van der Waals surface area contributed by atoms with Crippen LogP contribution in [0.1, 0.15) is 32.6 Å². The molecule has 2 saturated heterocycles. The summed E-state index contributed by atoms with van der Waals surface area (Å²) in [4.78, 5) is 0.782. The fourth-order valence-corrected chi connectivity index (χ4v) is 3.80. The Bertz CT molecular complexity index is 364. The van der Waals surface area contributed by atoms with Crippen LogP contribution in [0.3, 0.4) is 0 Å². The molecule has 3 unspecified atom stereocenters. The van der Waals surface area contributed by atoms with E-state index in [2.05, 4.69) is 44.7 Å². The van der Waals surface area contributed by atoms with E-state index in [1.807, 2.05) is 6.08 Å². The van der Waals surface area contributed by atoms with Gasteiger partial charge in [-0.2, -0.15) is 0 Å². The van der Waals surface area contributed by atoms with Crippen LogP contribution in [0.4, 0.5) is 0 Å². The molecular weight excluding hydrogens is 372 g/mol. The van der Waals surface area contributed by atoms with Gasteiger partial charge in [-0.15, -0.1) is 6.42 Å². The first-order valence-corrected chi connectivity index (χ1v) is 8.69. The first-order chi connectivity index (χ1) is 9.15. The molecule has 2 heterocycles. The molecule has 0 aromatic carbocycles. The molecule has 2 bridgehead atoms. The van der Waals surface area contributed by atoms with Crippen LogP contribution in [0.25, 0.3) is 0 Å².